The lowest BCUT2D eigenvalue weighted by Gasteiger charge is -2.18. The molecular weight excluding hydrogens is 292 g/mol. The molecule has 1 unspecified atom stereocenters. The maximum Gasteiger partial charge on any atom is 0.293 e. The summed E-state index contributed by atoms with van der Waals surface area (Å²) in [5.41, 5.74) is 0.201. The molecule has 0 spiro atoms. The maximum absolute atomic E-state index is 11.5. The molecule has 1 aliphatic carbocycles. The minimum absolute atomic E-state index is 0.0324. The summed E-state index contributed by atoms with van der Waals surface area (Å²) < 4.78 is 23.0. The number of nitro groups is 1. The van der Waals surface area contributed by atoms with Crippen molar-refractivity contribution in [3.05, 3.63) is 28.3 Å². The van der Waals surface area contributed by atoms with E-state index in [1.165, 1.54) is 25.0 Å². The number of nitrogens with zero attached hydrogens (tertiary/aromatic N) is 1. The second-order valence-corrected chi connectivity index (χ2v) is 7.65. The summed E-state index contributed by atoms with van der Waals surface area (Å²) in [6, 6.07) is 4.21. The second kappa shape index (κ2) is 6.01. The molecule has 1 saturated carbocycles. The zero-order chi connectivity index (χ0) is 15.6. The Kier molecular flexibility index (Phi) is 4.51. The summed E-state index contributed by atoms with van der Waals surface area (Å²) in [5, 5.41) is 14.4. The molecule has 116 valence electrons. The molecule has 7 heteroatoms. The second-order valence-electron chi connectivity index (χ2n) is 5.64. The molecule has 0 saturated heterocycles. The van der Waals surface area contributed by atoms with Gasteiger partial charge in [-0.1, -0.05) is 19.8 Å². The number of nitrogens with one attached hydrogen (secondary N) is 1. The fourth-order valence-electron chi connectivity index (χ4n) is 2.32. The Morgan fingerprint density at radius 2 is 2.10 bits per heavy atom. The number of benzene rings is 1. The van der Waals surface area contributed by atoms with Gasteiger partial charge in [0.1, 0.15) is 5.69 Å². The van der Waals surface area contributed by atoms with Crippen LogP contribution < -0.4 is 5.32 Å². The van der Waals surface area contributed by atoms with Crippen molar-refractivity contribution in [1.29, 1.82) is 0 Å². The lowest BCUT2D eigenvalue weighted by molar-refractivity contribution is -0.384. The molecule has 21 heavy (non-hydrogen) atoms. The van der Waals surface area contributed by atoms with E-state index in [9.17, 15) is 18.5 Å². The Balaban J connectivity index is 2.27. The van der Waals surface area contributed by atoms with Crippen molar-refractivity contribution in [2.45, 2.75) is 43.5 Å². The van der Waals surface area contributed by atoms with Crippen molar-refractivity contribution in [3.63, 3.8) is 0 Å². The van der Waals surface area contributed by atoms with Gasteiger partial charge in [0.2, 0.25) is 0 Å². The Labute approximate surface area is 124 Å². The van der Waals surface area contributed by atoms with E-state index in [1.54, 1.807) is 0 Å². The highest BCUT2D eigenvalue weighted by molar-refractivity contribution is 7.90. The van der Waals surface area contributed by atoms with Crippen LogP contribution in [0.25, 0.3) is 0 Å². The van der Waals surface area contributed by atoms with Crippen molar-refractivity contribution in [3.8, 4) is 0 Å². The van der Waals surface area contributed by atoms with Crippen LogP contribution in [0.15, 0.2) is 23.1 Å². The third-order valence-electron chi connectivity index (χ3n) is 3.76. The molecule has 0 heterocycles. The Hall–Kier alpha value is -1.63. The normalized spacial score (nSPS) is 16.5. The molecule has 6 nitrogen and oxygen atoms in total. The van der Waals surface area contributed by atoms with Gasteiger partial charge in [0.05, 0.1) is 9.82 Å². The molecule has 0 bridgehead atoms. The average Bonchev–Trinajstić information content (AvgIpc) is 3.20. The summed E-state index contributed by atoms with van der Waals surface area (Å²) >= 11 is 0. The zero-order valence-corrected chi connectivity index (χ0v) is 13.0. The summed E-state index contributed by atoms with van der Waals surface area (Å²) in [6.07, 6.45) is 5.38. The number of hydrogen-bond acceptors (Lipinski definition) is 5. The van der Waals surface area contributed by atoms with Gasteiger partial charge in [0.15, 0.2) is 9.84 Å². The first-order valence-corrected chi connectivity index (χ1v) is 8.95. The fourth-order valence-corrected chi connectivity index (χ4v) is 2.96. The van der Waals surface area contributed by atoms with Gasteiger partial charge < -0.3 is 5.32 Å². The van der Waals surface area contributed by atoms with Crippen LogP contribution in [0.5, 0.6) is 0 Å². The molecule has 0 aromatic heterocycles. The quantitative estimate of drug-likeness (QED) is 0.617. The van der Waals surface area contributed by atoms with E-state index in [4.69, 9.17) is 0 Å². The summed E-state index contributed by atoms with van der Waals surface area (Å²) in [5.74, 6) is 0.719. The smallest absolute Gasteiger partial charge is 0.293 e. The van der Waals surface area contributed by atoms with Gasteiger partial charge in [-0.2, -0.15) is 0 Å². The Bertz CT molecular complexity index is 638. The summed E-state index contributed by atoms with van der Waals surface area (Å²) in [7, 11) is -3.45. The highest BCUT2D eigenvalue weighted by atomic mass is 32.2. The van der Waals surface area contributed by atoms with Gasteiger partial charge in [0, 0.05) is 18.4 Å². The summed E-state index contributed by atoms with van der Waals surface area (Å²) in [4.78, 5) is 10.6. The van der Waals surface area contributed by atoms with Crippen LogP contribution in [-0.4, -0.2) is 25.6 Å². The Morgan fingerprint density at radius 3 is 2.57 bits per heavy atom. The van der Waals surface area contributed by atoms with E-state index in [-0.39, 0.29) is 16.6 Å². The topological polar surface area (TPSA) is 89.3 Å². The van der Waals surface area contributed by atoms with Gasteiger partial charge in [-0.15, -0.1) is 0 Å². The number of anilines is 1. The van der Waals surface area contributed by atoms with Crippen molar-refractivity contribution < 1.29 is 13.3 Å². The molecular formula is C14H20N2O4S. The average molecular weight is 312 g/mol. The Morgan fingerprint density at radius 1 is 1.43 bits per heavy atom. The third kappa shape index (κ3) is 4.17. The van der Waals surface area contributed by atoms with Crippen LogP contribution in [-0.2, 0) is 9.84 Å². The number of rotatable bonds is 7. The number of hydrogen-bond donors (Lipinski definition) is 1. The molecule has 1 fully saturated rings. The van der Waals surface area contributed by atoms with E-state index in [1.807, 2.05) is 6.92 Å². The number of sulfone groups is 1. The minimum atomic E-state index is -3.45. The lowest BCUT2D eigenvalue weighted by Crippen LogP contribution is -2.20. The molecule has 2 rings (SSSR count). The standard InChI is InChI=1S/C14H20N2O4S/c1-3-11(8-10-4-5-10)15-13-7-6-12(21(2,19)20)9-14(13)16(17)18/h6-7,9-11,15H,3-5,8H2,1-2H3. The number of nitro benzene ring substituents is 1. The van der Waals surface area contributed by atoms with Gasteiger partial charge in [0.25, 0.3) is 5.69 Å². The molecule has 1 aliphatic rings. The molecule has 0 radical (unpaired) electrons. The fraction of sp³-hybridized carbons (Fsp3) is 0.571. The van der Waals surface area contributed by atoms with E-state index < -0.39 is 14.8 Å². The van der Waals surface area contributed by atoms with Crippen molar-refractivity contribution in [2.75, 3.05) is 11.6 Å². The molecule has 0 amide bonds. The highest BCUT2D eigenvalue weighted by Gasteiger charge is 2.26. The van der Waals surface area contributed by atoms with Gasteiger partial charge in [-0.25, -0.2) is 8.42 Å². The molecule has 1 aromatic carbocycles. The van der Waals surface area contributed by atoms with Crippen LogP contribution in [0, 0.1) is 16.0 Å². The lowest BCUT2D eigenvalue weighted by atomic mass is 10.1. The first kappa shape index (κ1) is 15.8. The molecule has 1 N–H and O–H groups in total. The van der Waals surface area contributed by atoms with Gasteiger partial charge in [-0.05, 0) is 30.9 Å². The van der Waals surface area contributed by atoms with Crippen LogP contribution >= 0.6 is 0 Å². The van der Waals surface area contributed by atoms with Gasteiger partial charge in [-0.3, -0.25) is 10.1 Å². The largest absolute Gasteiger partial charge is 0.377 e. The predicted octanol–water partition coefficient (Wildman–Crippen LogP) is 2.99. The van der Waals surface area contributed by atoms with Crippen LogP contribution in [0.4, 0.5) is 11.4 Å². The van der Waals surface area contributed by atoms with Crippen LogP contribution in [0.1, 0.15) is 32.6 Å². The molecule has 1 atom stereocenters. The minimum Gasteiger partial charge on any atom is -0.377 e. The van der Waals surface area contributed by atoms with Crippen LogP contribution in [0.2, 0.25) is 0 Å². The highest BCUT2D eigenvalue weighted by Crippen LogP contribution is 2.36. The molecule has 1 aromatic rings. The third-order valence-corrected chi connectivity index (χ3v) is 4.87. The van der Waals surface area contributed by atoms with E-state index in [2.05, 4.69) is 5.32 Å². The van der Waals surface area contributed by atoms with E-state index >= 15 is 0 Å². The van der Waals surface area contributed by atoms with Crippen LogP contribution in [0.3, 0.4) is 0 Å². The van der Waals surface area contributed by atoms with E-state index in [0.29, 0.717) is 5.69 Å². The zero-order valence-electron chi connectivity index (χ0n) is 12.2. The summed E-state index contributed by atoms with van der Waals surface area (Å²) in [6.45, 7) is 2.04. The van der Waals surface area contributed by atoms with Crippen molar-refractivity contribution in [2.24, 2.45) is 5.92 Å². The van der Waals surface area contributed by atoms with E-state index in [0.717, 1.165) is 31.1 Å². The maximum atomic E-state index is 11.5. The monoisotopic (exact) mass is 312 g/mol. The molecule has 0 aliphatic heterocycles. The van der Waals surface area contributed by atoms with Crippen molar-refractivity contribution >= 4 is 21.2 Å². The first-order chi connectivity index (χ1) is 9.81. The van der Waals surface area contributed by atoms with Gasteiger partial charge >= 0.3 is 0 Å². The van der Waals surface area contributed by atoms with Crippen molar-refractivity contribution in [1.82, 2.24) is 0 Å². The predicted molar refractivity (Wildman–Crippen MR) is 81.2 cm³/mol. The SMILES string of the molecule is CCC(CC1CC1)Nc1ccc(S(C)(=O)=O)cc1[N+](=O)[O-]. The first-order valence-electron chi connectivity index (χ1n) is 7.06.